The van der Waals surface area contributed by atoms with Crippen LogP contribution >= 0.6 is 0 Å². The summed E-state index contributed by atoms with van der Waals surface area (Å²) in [6, 6.07) is 9.53. The van der Waals surface area contributed by atoms with E-state index in [9.17, 15) is 14.0 Å². The van der Waals surface area contributed by atoms with Crippen LogP contribution in [0.2, 0.25) is 0 Å². The summed E-state index contributed by atoms with van der Waals surface area (Å²) in [5.41, 5.74) is 2.77. The van der Waals surface area contributed by atoms with Crippen LogP contribution in [0.5, 0.6) is 5.75 Å². The Morgan fingerprint density at radius 2 is 1.93 bits per heavy atom. The molecule has 1 heterocycles. The molecule has 6 nitrogen and oxygen atoms in total. The zero-order valence-electron chi connectivity index (χ0n) is 14.8. The number of benzene rings is 2. The third-order valence-electron chi connectivity index (χ3n) is 4.13. The van der Waals surface area contributed by atoms with E-state index < -0.39 is 5.97 Å². The maximum Gasteiger partial charge on any atom is 0.341 e. The number of anilines is 1. The number of hydrogen-bond donors (Lipinski definition) is 1. The predicted molar refractivity (Wildman–Crippen MR) is 98.5 cm³/mol. The van der Waals surface area contributed by atoms with Crippen molar-refractivity contribution in [3.63, 3.8) is 0 Å². The Bertz CT molecular complexity index is 1000. The highest BCUT2D eigenvalue weighted by Crippen LogP contribution is 2.35. The van der Waals surface area contributed by atoms with Gasteiger partial charge in [0.15, 0.2) is 5.75 Å². The monoisotopic (exact) mass is 368 g/mol. The topological polar surface area (TPSA) is 77.5 Å². The lowest BCUT2D eigenvalue weighted by Crippen LogP contribution is -2.07. The van der Waals surface area contributed by atoms with Crippen molar-refractivity contribution >= 4 is 29.0 Å². The number of esters is 1. The molecule has 0 aliphatic rings. The van der Waals surface area contributed by atoms with Gasteiger partial charge in [-0.25, -0.2) is 9.18 Å². The van der Waals surface area contributed by atoms with E-state index in [0.717, 1.165) is 11.1 Å². The van der Waals surface area contributed by atoms with Gasteiger partial charge in [0.2, 0.25) is 6.41 Å². The van der Waals surface area contributed by atoms with E-state index in [2.05, 4.69) is 10.3 Å². The molecule has 3 rings (SSSR count). The molecule has 0 aliphatic carbocycles. The molecule has 0 bridgehead atoms. The minimum atomic E-state index is -0.597. The van der Waals surface area contributed by atoms with Gasteiger partial charge in [-0.1, -0.05) is 12.1 Å². The number of rotatable bonds is 6. The third kappa shape index (κ3) is 3.72. The number of amides is 1. The average Bonchev–Trinajstić information content (AvgIpc) is 2.69. The number of fused-ring (bicyclic) bond motifs is 1. The van der Waals surface area contributed by atoms with Gasteiger partial charge in [0.1, 0.15) is 16.9 Å². The van der Waals surface area contributed by atoms with Crippen LogP contribution in [0.3, 0.4) is 0 Å². The van der Waals surface area contributed by atoms with Crippen molar-refractivity contribution in [3.05, 3.63) is 65.1 Å². The lowest BCUT2D eigenvalue weighted by Gasteiger charge is -2.14. The Hall–Kier alpha value is -3.48. The molecule has 0 spiro atoms. The van der Waals surface area contributed by atoms with Gasteiger partial charge in [0.05, 0.1) is 19.9 Å². The molecule has 0 fully saturated rings. The molecule has 0 saturated carbocycles. The molecule has 0 unspecified atom stereocenters. The number of halogens is 1. The zero-order valence-corrected chi connectivity index (χ0v) is 14.8. The van der Waals surface area contributed by atoms with Gasteiger partial charge in [-0.15, -0.1) is 0 Å². The summed E-state index contributed by atoms with van der Waals surface area (Å²) in [7, 11) is 2.69. The first kappa shape index (κ1) is 18.3. The molecule has 2 aromatic carbocycles. The van der Waals surface area contributed by atoms with Crippen LogP contribution in [0.4, 0.5) is 10.1 Å². The highest BCUT2D eigenvalue weighted by Gasteiger charge is 2.20. The van der Waals surface area contributed by atoms with Crippen LogP contribution in [0.15, 0.2) is 42.6 Å². The molecule has 7 heteroatoms. The quantitative estimate of drug-likeness (QED) is 0.533. The third-order valence-corrected chi connectivity index (χ3v) is 4.13. The van der Waals surface area contributed by atoms with E-state index in [-0.39, 0.29) is 17.1 Å². The second kappa shape index (κ2) is 7.82. The lowest BCUT2D eigenvalue weighted by atomic mass is 10.0. The van der Waals surface area contributed by atoms with E-state index in [4.69, 9.17) is 9.47 Å². The van der Waals surface area contributed by atoms with Gasteiger partial charge in [-0.05, 0) is 41.8 Å². The van der Waals surface area contributed by atoms with Gasteiger partial charge >= 0.3 is 5.97 Å². The second-order valence-corrected chi connectivity index (χ2v) is 5.80. The van der Waals surface area contributed by atoms with Gasteiger partial charge in [0, 0.05) is 11.6 Å². The van der Waals surface area contributed by atoms with Crippen LogP contribution in [-0.2, 0) is 16.0 Å². The molecule has 1 aromatic heterocycles. The Kier molecular flexibility index (Phi) is 5.30. The normalized spacial score (nSPS) is 10.5. The first-order valence-corrected chi connectivity index (χ1v) is 8.10. The molecule has 3 aromatic rings. The molecule has 1 amide bonds. The van der Waals surface area contributed by atoms with Crippen molar-refractivity contribution in [2.45, 2.75) is 6.42 Å². The van der Waals surface area contributed by atoms with Crippen LogP contribution in [0.25, 0.3) is 10.9 Å². The molecule has 0 radical (unpaired) electrons. The summed E-state index contributed by atoms with van der Waals surface area (Å²) in [5, 5.41) is 3.20. The van der Waals surface area contributed by atoms with Crippen molar-refractivity contribution in [3.8, 4) is 5.75 Å². The largest absolute Gasteiger partial charge is 0.494 e. The second-order valence-electron chi connectivity index (χ2n) is 5.80. The summed E-state index contributed by atoms with van der Waals surface area (Å²) in [6.07, 6.45) is 2.71. The van der Waals surface area contributed by atoms with E-state index in [1.807, 2.05) is 6.07 Å². The molecule has 138 valence electrons. The van der Waals surface area contributed by atoms with Crippen LogP contribution in [0.1, 0.15) is 21.5 Å². The van der Waals surface area contributed by atoms with Crippen molar-refractivity contribution in [1.29, 1.82) is 0 Å². The Labute approximate surface area is 154 Å². The smallest absolute Gasteiger partial charge is 0.341 e. The van der Waals surface area contributed by atoms with Gasteiger partial charge in [-0.2, -0.15) is 0 Å². The van der Waals surface area contributed by atoms with Gasteiger partial charge in [0.25, 0.3) is 0 Å². The number of pyridine rings is 1. The lowest BCUT2D eigenvalue weighted by molar-refractivity contribution is -0.105. The Morgan fingerprint density at radius 3 is 2.56 bits per heavy atom. The molecule has 0 aliphatic heterocycles. The molecule has 27 heavy (non-hydrogen) atoms. The van der Waals surface area contributed by atoms with Crippen molar-refractivity contribution in [1.82, 2.24) is 4.98 Å². The number of carbonyl (C=O) groups is 2. The molecule has 0 saturated heterocycles. The summed E-state index contributed by atoms with van der Waals surface area (Å²) in [5.74, 6) is -0.630. The number of nitrogens with zero attached hydrogens (tertiary/aromatic N) is 1. The van der Waals surface area contributed by atoms with E-state index in [0.29, 0.717) is 29.4 Å². The van der Waals surface area contributed by atoms with Crippen molar-refractivity contribution in [2.75, 3.05) is 19.5 Å². The summed E-state index contributed by atoms with van der Waals surface area (Å²) in [6.45, 7) is 0. The fourth-order valence-corrected chi connectivity index (χ4v) is 2.90. The minimum Gasteiger partial charge on any atom is -0.494 e. The fourth-order valence-electron chi connectivity index (χ4n) is 2.90. The van der Waals surface area contributed by atoms with Crippen LogP contribution in [-0.4, -0.2) is 31.6 Å². The van der Waals surface area contributed by atoms with E-state index >= 15 is 0 Å². The highest BCUT2D eigenvalue weighted by atomic mass is 19.1. The maximum atomic E-state index is 13.1. The summed E-state index contributed by atoms with van der Waals surface area (Å²) in [4.78, 5) is 27.5. The highest BCUT2D eigenvalue weighted by molar-refractivity contribution is 6.06. The van der Waals surface area contributed by atoms with Crippen LogP contribution in [0, 0.1) is 5.82 Å². The number of hydrogen-bond acceptors (Lipinski definition) is 5. The molecule has 0 atom stereocenters. The fraction of sp³-hybridized carbons (Fsp3) is 0.150. The van der Waals surface area contributed by atoms with Crippen molar-refractivity contribution < 1.29 is 23.5 Å². The first-order chi connectivity index (χ1) is 13.1. The Balaban J connectivity index is 2.13. The Morgan fingerprint density at radius 1 is 1.19 bits per heavy atom. The van der Waals surface area contributed by atoms with Gasteiger partial charge < -0.3 is 14.8 Å². The number of ether oxygens (including phenoxy) is 2. The average molecular weight is 368 g/mol. The number of carbonyl (C=O) groups excluding carboxylic acids is 2. The number of methoxy groups -OCH3 is 2. The van der Waals surface area contributed by atoms with Gasteiger partial charge in [-0.3, -0.25) is 9.78 Å². The summed E-state index contributed by atoms with van der Waals surface area (Å²) >= 11 is 0. The maximum absolute atomic E-state index is 13.1. The van der Waals surface area contributed by atoms with E-state index in [1.54, 1.807) is 18.3 Å². The first-order valence-electron chi connectivity index (χ1n) is 8.10. The molecule has 1 N–H and O–H groups in total. The van der Waals surface area contributed by atoms with Crippen molar-refractivity contribution in [2.24, 2.45) is 0 Å². The predicted octanol–water partition coefficient (Wildman–Crippen LogP) is 3.33. The zero-order chi connectivity index (χ0) is 19.4. The number of nitrogens with one attached hydrogen (secondary N) is 1. The van der Waals surface area contributed by atoms with E-state index in [1.165, 1.54) is 32.4 Å². The minimum absolute atomic E-state index is 0.163. The molecular formula is C20H17FN2O4. The standard InChI is InChI=1S/C20H17FN2O4/c1-26-19-16(20(25)27-2)9-17(23-11-24)15-8-13(10-22-18(15)19)7-12-3-5-14(21)6-4-12/h3-6,8-11H,7H2,1-2H3,(H,23,24). The summed E-state index contributed by atoms with van der Waals surface area (Å²) < 4.78 is 23.2. The SMILES string of the molecule is COC(=O)c1cc(NC=O)c2cc(Cc3ccc(F)cc3)cnc2c1OC. The van der Waals surface area contributed by atoms with Crippen LogP contribution < -0.4 is 10.1 Å². The number of aromatic nitrogens is 1. The molecular weight excluding hydrogens is 351 g/mol.